The van der Waals surface area contributed by atoms with Crippen LogP contribution in [0.5, 0.6) is 0 Å². The normalized spacial score (nSPS) is 16.1. The van der Waals surface area contributed by atoms with Crippen molar-refractivity contribution < 1.29 is 13.9 Å². The molecule has 5 nitrogen and oxygen atoms in total. The number of benzene rings is 2. The minimum absolute atomic E-state index is 0.197. The van der Waals surface area contributed by atoms with Crippen molar-refractivity contribution in [2.75, 3.05) is 6.61 Å². The van der Waals surface area contributed by atoms with Crippen LogP contribution in [-0.4, -0.2) is 17.1 Å². The van der Waals surface area contributed by atoms with Crippen molar-refractivity contribution in [3.05, 3.63) is 102 Å². The monoisotopic (exact) mass is 464 g/mol. The van der Waals surface area contributed by atoms with E-state index in [0.29, 0.717) is 26.5 Å². The van der Waals surface area contributed by atoms with Crippen molar-refractivity contribution in [2.24, 2.45) is 4.99 Å². The fraction of sp³-hybridized carbons (Fsp3) is 0.269. The molecule has 1 aliphatic heterocycles. The average Bonchev–Trinajstić information content (AvgIpc) is 3.08. The van der Waals surface area contributed by atoms with Crippen LogP contribution in [0.4, 0.5) is 4.39 Å². The van der Waals surface area contributed by atoms with E-state index in [1.165, 1.54) is 33.6 Å². The summed E-state index contributed by atoms with van der Waals surface area (Å²) in [5.74, 6) is -0.509. The third-order valence-corrected chi connectivity index (χ3v) is 6.59. The predicted octanol–water partition coefficient (Wildman–Crippen LogP) is 4.06. The van der Waals surface area contributed by atoms with Gasteiger partial charge in [-0.15, -0.1) is 0 Å². The Bertz CT molecular complexity index is 1400. The molecule has 2 heterocycles. The molecule has 0 N–H and O–H groups in total. The zero-order valence-electron chi connectivity index (χ0n) is 19.0. The van der Waals surface area contributed by atoms with Crippen LogP contribution in [0.25, 0.3) is 6.08 Å². The molecule has 3 aromatic rings. The van der Waals surface area contributed by atoms with E-state index < -0.39 is 17.8 Å². The van der Waals surface area contributed by atoms with E-state index in [1.54, 1.807) is 26.0 Å². The lowest BCUT2D eigenvalue weighted by Gasteiger charge is -2.24. The number of hydrogen-bond donors (Lipinski definition) is 0. The average molecular weight is 465 g/mol. The molecule has 0 saturated carbocycles. The Balaban J connectivity index is 1.90. The number of nitrogens with zero attached hydrogens (tertiary/aromatic N) is 2. The van der Waals surface area contributed by atoms with E-state index in [4.69, 9.17) is 4.74 Å². The summed E-state index contributed by atoms with van der Waals surface area (Å²) in [5, 5.41) is 0. The Morgan fingerprint density at radius 1 is 1.18 bits per heavy atom. The molecule has 1 atom stereocenters. The Hall–Kier alpha value is -3.32. The van der Waals surface area contributed by atoms with E-state index in [2.05, 4.69) is 31.0 Å². The molecule has 170 valence electrons. The van der Waals surface area contributed by atoms with Gasteiger partial charge in [0.1, 0.15) is 5.82 Å². The van der Waals surface area contributed by atoms with Crippen LogP contribution in [0.2, 0.25) is 0 Å². The van der Waals surface area contributed by atoms with Crippen molar-refractivity contribution >= 4 is 23.4 Å². The molecule has 1 aliphatic rings. The molecule has 1 unspecified atom stereocenters. The smallest absolute Gasteiger partial charge is 0.338 e. The second kappa shape index (κ2) is 9.27. The quantitative estimate of drug-likeness (QED) is 0.535. The molecule has 0 aliphatic carbocycles. The molecular weight excluding hydrogens is 439 g/mol. The first-order chi connectivity index (χ1) is 15.8. The summed E-state index contributed by atoms with van der Waals surface area (Å²) in [7, 11) is 0. The molecule has 4 rings (SSSR count). The molecular formula is C26H25FN2O3S. The highest BCUT2D eigenvalue weighted by atomic mass is 32.1. The summed E-state index contributed by atoms with van der Waals surface area (Å²) in [5.41, 5.74) is 3.25. The number of fused-ring (bicyclic) bond motifs is 1. The zero-order valence-corrected chi connectivity index (χ0v) is 19.8. The first kappa shape index (κ1) is 22.9. The van der Waals surface area contributed by atoms with Crippen LogP contribution in [-0.2, 0) is 9.53 Å². The first-order valence-corrected chi connectivity index (χ1v) is 11.7. The summed E-state index contributed by atoms with van der Waals surface area (Å²) in [6.45, 7) is 7.91. The number of esters is 1. The fourth-order valence-corrected chi connectivity index (χ4v) is 4.93. The number of halogens is 1. The van der Waals surface area contributed by atoms with Crippen LogP contribution >= 0.6 is 11.3 Å². The zero-order chi connectivity index (χ0) is 23.7. The molecule has 0 saturated heterocycles. The molecule has 0 spiro atoms. The number of aromatic nitrogens is 1. The van der Waals surface area contributed by atoms with Crippen LogP contribution in [0.3, 0.4) is 0 Å². The molecule has 7 heteroatoms. The lowest BCUT2D eigenvalue weighted by Crippen LogP contribution is -2.39. The Labute approximate surface area is 195 Å². The minimum atomic E-state index is -0.744. The van der Waals surface area contributed by atoms with Gasteiger partial charge in [-0.05, 0) is 54.7 Å². The van der Waals surface area contributed by atoms with Crippen LogP contribution in [0.1, 0.15) is 56.3 Å². The van der Waals surface area contributed by atoms with Gasteiger partial charge in [0, 0.05) is 0 Å². The van der Waals surface area contributed by atoms with E-state index in [-0.39, 0.29) is 17.7 Å². The maximum Gasteiger partial charge on any atom is 0.338 e. The highest BCUT2D eigenvalue weighted by Crippen LogP contribution is 2.30. The number of thiazole rings is 1. The van der Waals surface area contributed by atoms with Crippen molar-refractivity contribution in [1.82, 2.24) is 4.57 Å². The second-order valence-electron chi connectivity index (χ2n) is 8.18. The summed E-state index contributed by atoms with van der Waals surface area (Å²) in [6.07, 6.45) is 1.83. The van der Waals surface area contributed by atoms with Crippen LogP contribution < -0.4 is 14.9 Å². The number of carbonyl (C=O) groups excluding carboxylic acids is 1. The van der Waals surface area contributed by atoms with Gasteiger partial charge in [0.05, 0.1) is 28.5 Å². The Morgan fingerprint density at radius 2 is 1.85 bits per heavy atom. The molecule has 0 bridgehead atoms. The van der Waals surface area contributed by atoms with Gasteiger partial charge in [-0.1, -0.05) is 61.6 Å². The second-order valence-corrected chi connectivity index (χ2v) is 9.18. The molecule has 2 aromatic carbocycles. The summed E-state index contributed by atoms with van der Waals surface area (Å²) in [4.78, 5) is 31.4. The maximum absolute atomic E-state index is 13.6. The van der Waals surface area contributed by atoms with E-state index in [0.717, 1.165) is 5.56 Å². The summed E-state index contributed by atoms with van der Waals surface area (Å²) < 4.78 is 20.9. The van der Waals surface area contributed by atoms with Crippen molar-refractivity contribution in [2.45, 2.75) is 39.7 Å². The fourth-order valence-electron chi connectivity index (χ4n) is 3.88. The topological polar surface area (TPSA) is 60.7 Å². The van der Waals surface area contributed by atoms with Gasteiger partial charge in [0.15, 0.2) is 4.80 Å². The summed E-state index contributed by atoms with van der Waals surface area (Å²) >= 11 is 1.27. The molecule has 0 fully saturated rings. The number of carbonyl (C=O) groups is 1. The number of allylic oxidation sites excluding steroid dienone is 1. The molecule has 0 amide bonds. The predicted molar refractivity (Wildman–Crippen MR) is 127 cm³/mol. The van der Waals surface area contributed by atoms with E-state index >= 15 is 0 Å². The molecule has 33 heavy (non-hydrogen) atoms. The van der Waals surface area contributed by atoms with Crippen molar-refractivity contribution in [3.63, 3.8) is 0 Å². The largest absolute Gasteiger partial charge is 0.463 e. The van der Waals surface area contributed by atoms with Crippen LogP contribution in [0, 0.1) is 5.82 Å². The van der Waals surface area contributed by atoms with Crippen molar-refractivity contribution in [1.29, 1.82) is 0 Å². The number of rotatable bonds is 5. The van der Waals surface area contributed by atoms with E-state index in [1.807, 2.05) is 18.2 Å². The summed E-state index contributed by atoms with van der Waals surface area (Å²) in [6, 6.07) is 13.1. The third-order valence-electron chi connectivity index (χ3n) is 5.60. The van der Waals surface area contributed by atoms with E-state index in [9.17, 15) is 14.0 Å². The highest BCUT2D eigenvalue weighted by molar-refractivity contribution is 7.07. The lowest BCUT2D eigenvalue weighted by atomic mass is 9.96. The molecule has 1 aromatic heterocycles. The van der Waals surface area contributed by atoms with Gasteiger partial charge in [0.2, 0.25) is 0 Å². The van der Waals surface area contributed by atoms with Crippen LogP contribution in [0.15, 0.2) is 69.6 Å². The van der Waals surface area contributed by atoms with Gasteiger partial charge in [0.25, 0.3) is 5.56 Å². The van der Waals surface area contributed by atoms with Crippen molar-refractivity contribution in [3.8, 4) is 0 Å². The highest BCUT2D eigenvalue weighted by Gasteiger charge is 2.33. The van der Waals surface area contributed by atoms with Gasteiger partial charge < -0.3 is 4.74 Å². The molecule has 0 radical (unpaired) electrons. The third kappa shape index (κ3) is 4.46. The maximum atomic E-state index is 13.6. The SMILES string of the molecule is CCOC(=O)C1=C(C)N=c2s/c(=C/c3ccc(C(C)C)cc3)c(=O)n2C1c1ccc(F)cc1. The van der Waals surface area contributed by atoms with Gasteiger partial charge in [-0.25, -0.2) is 14.2 Å². The number of hydrogen-bond acceptors (Lipinski definition) is 5. The Kier molecular flexibility index (Phi) is 6.42. The first-order valence-electron chi connectivity index (χ1n) is 10.8. The number of ether oxygens (including phenoxy) is 1. The van der Waals surface area contributed by atoms with Gasteiger partial charge in [-0.2, -0.15) is 0 Å². The lowest BCUT2D eigenvalue weighted by molar-refractivity contribution is -0.139. The Morgan fingerprint density at radius 3 is 2.45 bits per heavy atom. The van der Waals surface area contributed by atoms with Gasteiger partial charge in [-0.3, -0.25) is 9.36 Å². The van der Waals surface area contributed by atoms with Gasteiger partial charge >= 0.3 is 5.97 Å². The minimum Gasteiger partial charge on any atom is -0.463 e. The standard InChI is InChI=1S/C26H25FN2O3S/c1-5-32-25(31)22-16(4)28-26-29(23(22)19-10-12-20(27)13-11-19)24(30)21(33-26)14-17-6-8-18(9-7-17)15(2)3/h6-15,23H,5H2,1-4H3/b21-14+.